The highest BCUT2D eigenvalue weighted by molar-refractivity contribution is 6.36. The van der Waals surface area contributed by atoms with E-state index < -0.39 is 5.82 Å². The average molecular weight is 823 g/mol. The van der Waals surface area contributed by atoms with Crippen LogP contribution >= 0.6 is 11.6 Å². The second-order valence-electron chi connectivity index (χ2n) is 16.8. The molecule has 0 atom stereocenters. The van der Waals surface area contributed by atoms with Crippen molar-refractivity contribution in [2.45, 2.75) is 70.4 Å². The summed E-state index contributed by atoms with van der Waals surface area (Å²) >= 11 is 6.58. The first-order valence-electron chi connectivity index (χ1n) is 21.3. The highest BCUT2D eigenvalue weighted by atomic mass is 35.5. The minimum absolute atomic E-state index is 0.0319. The fraction of sp³-hybridized carbons (Fsp3) is 0.457. The average Bonchev–Trinajstić information content (AvgIpc) is 3.89. The summed E-state index contributed by atoms with van der Waals surface area (Å²) in [5.74, 6) is -0.322. The minimum atomic E-state index is -0.476. The number of H-pyrrole nitrogens is 1. The Hall–Kier alpha value is -5.07. The number of halogens is 2. The number of hydrogen-bond acceptors (Lipinski definition) is 7. The van der Waals surface area contributed by atoms with E-state index in [-0.39, 0.29) is 29.8 Å². The van der Waals surface area contributed by atoms with Crippen LogP contribution in [0.3, 0.4) is 0 Å². The van der Waals surface area contributed by atoms with E-state index in [1.165, 1.54) is 17.3 Å². The Labute approximate surface area is 351 Å². The number of rotatable bonds is 13. The maximum absolute atomic E-state index is 15.5. The molecule has 3 fully saturated rings. The van der Waals surface area contributed by atoms with Crippen LogP contribution in [0.4, 0.5) is 27.1 Å². The van der Waals surface area contributed by atoms with Crippen molar-refractivity contribution in [2.75, 3.05) is 78.9 Å². The maximum Gasteiger partial charge on any atom is 0.254 e. The zero-order valence-corrected chi connectivity index (χ0v) is 34.8. The molecule has 0 spiro atoms. The summed E-state index contributed by atoms with van der Waals surface area (Å²) in [6.45, 7) is 13.9. The molecule has 3 amide bonds. The predicted molar refractivity (Wildman–Crippen MR) is 236 cm³/mol. The molecule has 3 saturated heterocycles. The number of amides is 3. The molecule has 4 aliphatic heterocycles. The number of carbonyl (C=O) groups is 3. The summed E-state index contributed by atoms with van der Waals surface area (Å²) in [7, 11) is 0. The van der Waals surface area contributed by atoms with Crippen LogP contribution in [-0.4, -0.2) is 99.1 Å². The van der Waals surface area contributed by atoms with Crippen molar-refractivity contribution >= 4 is 69.1 Å². The number of anilines is 4. The zero-order chi connectivity index (χ0) is 41.0. The third-order valence-electron chi connectivity index (χ3n) is 13.0. The lowest BCUT2D eigenvalue weighted by molar-refractivity contribution is -0.116. The first-order chi connectivity index (χ1) is 28.7. The van der Waals surface area contributed by atoms with E-state index in [2.05, 4.69) is 53.2 Å². The second-order valence-corrected chi connectivity index (χ2v) is 17.2. The number of allylic oxidation sites excluding steroid dienone is 1. The van der Waals surface area contributed by atoms with E-state index in [9.17, 15) is 14.4 Å². The molecular formula is C46H56ClFN8O3. The normalized spacial score (nSPS) is 18.3. The van der Waals surface area contributed by atoms with Crippen molar-refractivity contribution in [3.05, 3.63) is 88.8 Å². The van der Waals surface area contributed by atoms with Gasteiger partial charge in [-0.05, 0) is 106 Å². The van der Waals surface area contributed by atoms with Crippen LogP contribution < -0.4 is 30.7 Å². The lowest BCUT2D eigenvalue weighted by Crippen LogP contribution is -2.46. The van der Waals surface area contributed by atoms with Crippen molar-refractivity contribution in [3.8, 4) is 0 Å². The van der Waals surface area contributed by atoms with E-state index in [1.807, 2.05) is 43.5 Å². The quantitative estimate of drug-likeness (QED) is 0.0833. The molecule has 312 valence electrons. The number of hydrogen-bond donors (Lipinski definition) is 4. The molecule has 4 aliphatic rings. The summed E-state index contributed by atoms with van der Waals surface area (Å²) in [6.07, 6.45) is 9.60. The highest BCUT2D eigenvalue weighted by Crippen LogP contribution is 2.39. The molecule has 4 aromatic rings. The zero-order valence-electron chi connectivity index (χ0n) is 34.0. The number of fused-ring (bicyclic) bond motifs is 2. The summed E-state index contributed by atoms with van der Waals surface area (Å²) in [4.78, 5) is 49.3. The fourth-order valence-electron chi connectivity index (χ4n) is 9.77. The minimum Gasteiger partial charge on any atom is -0.371 e. The van der Waals surface area contributed by atoms with Crippen LogP contribution in [0.2, 0.25) is 5.02 Å². The number of nitrogens with zero attached hydrogens (tertiary/aromatic N) is 4. The molecule has 0 bridgehead atoms. The number of aromatic amines is 1. The molecular weight excluding hydrogens is 767 g/mol. The van der Waals surface area contributed by atoms with Crippen LogP contribution in [-0.2, 0) is 16.0 Å². The maximum atomic E-state index is 15.5. The first-order valence-corrected chi connectivity index (χ1v) is 21.7. The van der Waals surface area contributed by atoms with Gasteiger partial charge in [0.1, 0.15) is 5.82 Å². The molecule has 1 aromatic heterocycles. The van der Waals surface area contributed by atoms with E-state index in [1.54, 1.807) is 6.07 Å². The molecule has 0 aliphatic carbocycles. The molecule has 0 radical (unpaired) electrons. The van der Waals surface area contributed by atoms with Crippen molar-refractivity contribution in [3.63, 3.8) is 0 Å². The van der Waals surface area contributed by atoms with Crippen LogP contribution in [0, 0.1) is 11.7 Å². The number of aromatic nitrogens is 1. The Kier molecular flexibility index (Phi) is 12.4. The van der Waals surface area contributed by atoms with Crippen LogP contribution in [0.1, 0.15) is 73.4 Å². The third kappa shape index (κ3) is 8.94. The van der Waals surface area contributed by atoms with E-state index >= 15 is 4.39 Å². The molecule has 8 rings (SSSR count). The Morgan fingerprint density at radius 2 is 1.68 bits per heavy atom. The number of nitrogens with one attached hydrogen (secondary N) is 4. The third-order valence-corrected chi connectivity index (χ3v) is 13.3. The standard InChI is InChI=1S/C46H56ClFN8O3/c1-30(2)37-27-50-45-42(9-8-38(47)44(37)45)55-23-13-32(14-24-55)51-46(59)35-7-6-34(26-39(35)48)54-21-11-31(12-22-54)28-53-19-15-33(16-20-53)56-25-17-36-40(4-3-5-41(36)56)52-43(58)10-18-49-29-57/h3-9,26-27,29,31-33,50H,1,10-25,28H2,2H3,(H,49,57)(H,51,59)(H,52,58). The van der Waals surface area contributed by atoms with Crippen LogP contribution in [0.25, 0.3) is 16.5 Å². The first kappa shape index (κ1) is 40.7. The van der Waals surface area contributed by atoms with Gasteiger partial charge in [-0.2, -0.15) is 0 Å². The van der Waals surface area contributed by atoms with Crippen LogP contribution in [0.5, 0.6) is 0 Å². The van der Waals surface area contributed by atoms with Gasteiger partial charge in [-0.3, -0.25) is 14.4 Å². The number of benzene rings is 3. The molecule has 11 nitrogen and oxygen atoms in total. The topological polar surface area (TPSA) is 116 Å². The molecule has 13 heteroatoms. The summed E-state index contributed by atoms with van der Waals surface area (Å²) in [6, 6.07) is 15.7. The summed E-state index contributed by atoms with van der Waals surface area (Å²) in [5.41, 5.74) is 8.30. The monoisotopic (exact) mass is 822 g/mol. The van der Waals surface area contributed by atoms with Gasteiger partial charge in [0.2, 0.25) is 12.3 Å². The van der Waals surface area contributed by atoms with E-state index in [0.717, 1.165) is 136 Å². The molecule has 0 unspecified atom stereocenters. The second kappa shape index (κ2) is 18.0. The van der Waals surface area contributed by atoms with Crippen molar-refractivity contribution < 1.29 is 18.8 Å². The van der Waals surface area contributed by atoms with Gasteiger partial charge in [0, 0.05) is 117 Å². The molecule has 3 aromatic carbocycles. The van der Waals surface area contributed by atoms with E-state index in [4.69, 9.17) is 11.6 Å². The fourth-order valence-corrected chi connectivity index (χ4v) is 10.0. The number of carbonyl (C=O) groups excluding carboxylic acids is 3. The SMILES string of the molecule is C=C(C)c1c[nH]c2c(N3CCC(NC(=O)c4ccc(N5CCC(CN6CCC(N7CCc8c(NC(=O)CCNC=O)cccc87)CC6)CC5)cc4F)CC3)ccc(Cl)c12. The van der Waals surface area contributed by atoms with Crippen molar-refractivity contribution in [2.24, 2.45) is 5.92 Å². The van der Waals surface area contributed by atoms with Gasteiger partial charge in [0.15, 0.2) is 0 Å². The molecule has 59 heavy (non-hydrogen) atoms. The molecule has 0 saturated carbocycles. The van der Waals surface area contributed by atoms with Gasteiger partial charge in [-0.15, -0.1) is 0 Å². The van der Waals surface area contributed by atoms with Gasteiger partial charge < -0.3 is 40.5 Å². The Morgan fingerprint density at radius 3 is 2.41 bits per heavy atom. The van der Waals surface area contributed by atoms with Crippen molar-refractivity contribution in [1.82, 2.24) is 20.5 Å². The van der Waals surface area contributed by atoms with Gasteiger partial charge in [-0.25, -0.2) is 4.39 Å². The lowest BCUT2D eigenvalue weighted by atomic mass is 9.94. The summed E-state index contributed by atoms with van der Waals surface area (Å²) < 4.78 is 15.5. The smallest absolute Gasteiger partial charge is 0.254 e. The lowest BCUT2D eigenvalue weighted by Gasteiger charge is -2.41. The Balaban J connectivity index is 0.772. The number of piperidine rings is 3. The van der Waals surface area contributed by atoms with E-state index in [0.29, 0.717) is 29.9 Å². The highest BCUT2D eigenvalue weighted by Gasteiger charge is 2.32. The Bertz CT molecular complexity index is 2190. The molecule has 4 N–H and O–H groups in total. The van der Waals surface area contributed by atoms with Crippen LogP contribution in [0.15, 0.2) is 61.3 Å². The van der Waals surface area contributed by atoms with Gasteiger partial charge in [-0.1, -0.05) is 24.2 Å². The number of likely N-dealkylation sites (tertiary alicyclic amines) is 1. The largest absolute Gasteiger partial charge is 0.371 e. The van der Waals surface area contributed by atoms with Crippen molar-refractivity contribution in [1.29, 1.82) is 0 Å². The Morgan fingerprint density at radius 1 is 0.915 bits per heavy atom. The van der Waals surface area contributed by atoms with Gasteiger partial charge >= 0.3 is 0 Å². The predicted octanol–water partition coefficient (Wildman–Crippen LogP) is 7.21. The van der Waals surface area contributed by atoms with Gasteiger partial charge in [0.05, 0.1) is 21.8 Å². The van der Waals surface area contributed by atoms with Gasteiger partial charge in [0.25, 0.3) is 5.91 Å². The molecule has 5 heterocycles. The summed E-state index contributed by atoms with van der Waals surface area (Å²) in [5, 5.41) is 10.4.